The number of methoxy groups -OCH3 is 1. The summed E-state index contributed by atoms with van der Waals surface area (Å²) in [6.45, 7) is 2.20. The fourth-order valence-corrected chi connectivity index (χ4v) is 5.15. The molecule has 6 rings (SSSR count). The summed E-state index contributed by atoms with van der Waals surface area (Å²) in [6.07, 6.45) is 5.94. The van der Waals surface area contributed by atoms with Crippen LogP contribution in [0.3, 0.4) is 0 Å². The number of ether oxygens (including phenoxy) is 2. The van der Waals surface area contributed by atoms with Gasteiger partial charge in [0.1, 0.15) is 22.8 Å². The SMILES string of the molecule is COc1cc(N(C)CCN(C)C)c([N+](=O)[O-])cc1Nc1nccc(-c2cn3c4c(cccc24)OC2(CC2)C3)n1. The second-order valence-corrected chi connectivity index (χ2v) is 10.5. The monoisotopic (exact) mass is 529 g/mol. The molecule has 39 heavy (non-hydrogen) atoms. The molecule has 1 N–H and O–H groups in total. The average molecular weight is 530 g/mol. The Balaban J connectivity index is 1.34. The Kier molecular flexibility index (Phi) is 6.02. The zero-order valence-corrected chi connectivity index (χ0v) is 22.5. The lowest BCUT2D eigenvalue weighted by Crippen LogP contribution is -2.28. The molecule has 1 aliphatic carbocycles. The third-order valence-electron chi connectivity index (χ3n) is 7.42. The lowest BCUT2D eigenvalue weighted by atomic mass is 10.1. The van der Waals surface area contributed by atoms with Crippen molar-refractivity contribution in [2.45, 2.75) is 25.0 Å². The highest BCUT2D eigenvalue weighted by molar-refractivity contribution is 5.99. The Morgan fingerprint density at radius 2 is 2.03 bits per heavy atom. The van der Waals surface area contributed by atoms with E-state index in [1.165, 1.54) is 13.2 Å². The number of hydrogen-bond donors (Lipinski definition) is 1. The molecule has 0 unspecified atom stereocenters. The van der Waals surface area contributed by atoms with Crippen LogP contribution in [0.15, 0.2) is 48.8 Å². The van der Waals surface area contributed by atoms with Gasteiger partial charge in [-0.15, -0.1) is 0 Å². The first-order chi connectivity index (χ1) is 18.8. The minimum Gasteiger partial charge on any atom is -0.494 e. The van der Waals surface area contributed by atoms with Crippen LogP contribution in [0.1, 0.15) is 12.8 Å². The van der Waals surface area contributed by atoms with Crippen LogP contribution in [0.2, 0.25) is 0 Å². The lowest BCUT2D eigenvalue weighted by molar-refractivity contribution is -0.384. The van der Waals surface area contributed by atoms with Crippen molar-refractivity contribution >= 4 is 33.9 Å². The molecule has 3 heterocycles. The van der Waals surface area contributed by atoms with Gasteiger partial charge in [0.05, 0.1) is 35.5 Å². The van der Waals surface area contributed by atoms with Crippen LogP contribution >= 0.6 is 0 Å². The molecule has 0 amide bonds. The van der Waals surface area contributed by atoms with E-state index in [1.54, 1.807) is 12.3 Å². The molecule has 0 radical (unpaired) electrons. The first kappa shape index (κ1) is 24.9. The third kappa shape index (κ3) is 4.59. The highest BCUT2D eigenvalue weighted by Gasteiger charge is 2.48. The Bertz CT molecular complexity index is 1580. The number of nitrogens with zero attached hydrogens (tertiary/aromatic N) is 6. The van der Waals surface area contributed by atoms with Gasteiger partial charge in [0.15, 0.2) is 0 Å². The second kappa shape index (κ2) is 9.42. The minimum atomic E-state index is -0.383. The van der Waals surface area contributed by atoms with Gasteiger partial charge in [-0.2, -0.15) is 0 Å². The maximum atomic E-state index is 12.0. The van der Waals surface area contributed by atoms with Gasteiger partial charge < -0.3 is 29.2 Å². The summed E-state index contributed by atoms with van der Waals surface area (Å²) in [5.74, 6) is 1.68. The molecule has 4 aromatic rings. The number of benzene rings is 2. The van der Waals surface area contributed by atoms with E-state index in [9.17, 15) is 10.1 Å². The summed E-state index contributed by atoms with van der Waals surface area (Å²) < 4.78 is 14.2. The van der Waals surface area contributed by atoms with Crippen molar-refractivity contribution in [3.8, 4) is 22.8 Å². The predicted molar refractivity (Wildman–Crippen MR) is 150 cm³/mol. The quantitative estimate of drug-likeness (QED) is 0.244. The lowest BCUT2D eigenvalue weighted by Gasteiger charge is -2.25. The summed E-state index contributed by atoms with van der Waals surface area (Å²) in [5.41, 5.74) is 3.58. The number of hydrogen-bond acceptors (Lipinski definition) is 9. The molecule has 2 aliphatic rings. The maximum absolute atomic E-state index is 12.0. The predicted octanol–water partition coefficient (Wildman–Crippen LogP) is 4.68. The van der Waals surface area contributed by atoms with Gasteiger partial charge in [-0.05, 0) is 39.1 Å². The van der Waals surface area contributed by atoms with Gasteiger partial charge in [-0.3, -0.25) is 10.1 Å². The molecule has 202 valence electrons. The topological polar surface area (TPSA) is 111 Å². The van der Waals surface area contributed by atoms with Gasteiger partial charge in [0, 0.05) is 55.6 Å². The molecule has 1 spiro atoms. The molecule has 1 aliphatic heterocycles. The first-order valence-corrected chi connectivity index (χ1v) is 12.9. The Labute approximate surface area is 226 Å². The Morgan fingerprint density at radius 3 is 2.74 bits per heavy atom. The van der Waals surface area contributed by atoms with Gasteiger partial charge >= 0.3 is 0 Å². The van der Waals surface area contributed by atoms with Gasteiger partial charge in [0.25, 0.3) is 5.69 Å². The van der Waals surface area contributed by atoms with Crippen molar-refractivity contribution in [2.75, 3.05) is 51.6 Å². The van der Waals surface area contributed by atoms with E-state index in [1.807, 2.05) is 49.1 Å². The Morgan fingerprint density at radius 1 is 1.21 bits per heavy atom. The highest BCUT2D eigenvalue weighted by atomic mass is 16.6. The number of likely N-dealkylation sites (N-methyl/N-ethyl adjacent to an activating group) is 2. The number of nitro benzene ring substituents is 1. The fourth-order valence-electron chi connectivity index (χ4n) is 5.15. The summed E-state index contributed by atoms with van der Waals surface area (Å²) in [7, 11) is 7.30. The van der Waals surface area contributed by atoms with Crippen molar-refractivity contribution in [3.63, 3.8) is 0 Å². The summed E-state index contributed by atoms with van der Waals surface area (Å²) in [5, 5.41) is 16.2. The molecular weight excluding hydrogens is 498 g/mol. The number of para-hydroxylation sites is 1. The van der Waals surface area contributed by atoms with Gasteiger partial charge in [-0.1, -0.05) is 12.1 Å². The molecule has 0 bridgehead atoms. The van der Waals surface area contributed by atoms with Crippen molar-refractivity contribution < 1.29 is 14.4 Å². The van der Waals surface area contributed by atoms with Crippen LogP contribution in [0.4, 0.5) is 23.0 Å². The minimum absolute atomic E-state index is 0.0290. The summed E-state index contributed by atoms with van der Waals surface area (Å²) in [4.78, 5) is 24.7. The zero-order valence-electron chi connectivity index (χ0n) is 22.5. The third-order valence-corrected chi connectivity index (χ3v) is 7.42. The standard InChI is InChI=1S/C28H31N7O4/c1-32(2)12-13-33(3)22-15-25(38-4)21(14-23(22)35(36)37)31-27-29-11-8-20(30-27)19-16-34-17-28(9-10-28)39-24-7-5-6-18(19)26(24)34/h5-8,11,14-16H,9-10,12-13,17H2,1-4H3,(H,29,30,31). The summed E-state index contributed by atoms with van der Waals surface area (Å²) >= 11 is 0. The molecular formula is C28H31N7O4. The van der Waals surface area contributed by atoms with Crippen LogP contribution < -0.4 is 19.7 Å². The molecule has 0 atom stereocenters. The van der Waals surface area contributed by atoms with Crippen molar-refractivity contribution in [1.29, 1.82) is 0 Å². The van der Waals surface area contributed by atoms with Gasteiger partial charge in [0.2, 0.25) is 5.95 Å². The highest BCUT2D eigenvalue weighted by Crippen LogP contribution is 2.49. The number of rotatable bonds is 9. The fraction of sp³-hybridized carbons (Fsp3) is 0.357. The average Bonchev–Trinajstić information content (AvgIpc) is 3.55. The normalized spacial score (nSPS) is 14.9. The number of nitrogens with one attached hydrogen (secondary N) is 1. The number of nitro groups is 1. The second-order valence-electron chi connectivity index (χ2n) is 10.5. The van der Waals surface area contributed by atoms with E-state index >= 15 is 0 Å². The number of aromatic nitrogens is 3. The van der Waals surface area contributed by atoms with Gasteiger partial charge in [-0.25, -0.2) is 9.97 Å². The molecule has 2 aromatic heterocycles. The molecule has 1 saturated carbocycles. The molecule has 11 nitrogen and oxygen atoms in total. The van der Waals surface area contributed by atoms with Crippen molar-refractivity contribution in [1.82, 2.24) is 19.4 Å². The van der Waals surface area contributed by atoms with Crippen molar-refractivity contribution in [2.24, 2.45) is 0 Å². The van der Waals surface area contributed by atoms with E-state index in [-0.39, 0.29) is 16.2 Å². The van der Waals surface area contributed by atoms with Crippen LogP contribution in [0.5, 0.6) is 11.5 Å². The molecule has 1 fully saturated rings. The van der Waals surface area contributed by atoms with Crippen molar-refractivity contribution in [3.05, 3.63) is 58.9 Å². The molecule has 11 heteroatoms. The molecule has 0 saturated heterocycles. The van der Waals surface area contributed by atoms with E-state index in [4.69, 9.17) is 14.5 Å². The van der Waals surface area contributed by atoms with E-state index in [2.05, 4.69) is 27.1 Å². The largest absolute Gasteiger partial charge is 0.494 e. The van der Waals surface area contributed by atoms with Crippen LogP contribution in [0.25, 0.3) is 22.2 Å². The van der Waals surface area contributed by atoms with E-state index < -0.39 is 0 Å². The smallest absolute Gasteiger partial charge is 0.294 e. The zero-order chi connectivity index (χ0) is 27.3. The van der Waals surface area contributed by atoms with E-state index in [0.29, 0.717) is 29.6 Å². The summed E-state index contributed by atoms with van der Waals surface area (Å²) in [6, 6.07) is 11.1. The van der Waals surface area contributed by atoms with Crippen LogP contribution in [0, 0.1) is 10.1 Å². The number of anilines is 3. The molecule has 2 aromatic carbocycles. The van der Waals surface area contributed by atoms with Crippen LogP contribution in [-0.4, -0.2) is 71.3 Å². The van der Waals surface area contributed by atoms with E-state index in [0.717, 1.165) is 53.8 Å². The Hall–Kier alpha value is -4.38. The van der Waals surface area contributed by atoms with Crippen LogP contribution in [-0.2, 0) is 6.54 Å². The maximum Gasteiger partial charge on any atom is 0.294 e. The first-order valence-electron chi connectivity index (χ1n) is 12.9.